The highest BCUT2D eigenvalue weighted by Crippen LogP contribution is 2.29. The lowest BCUT2D eigenvalue weighted by molar-refractivity contribution is 0.0742. The maximum Gasteiger partial charge on any atom is 0.255 e. The smallest absolute Gasteiger partial charge is 0.255 e. The molecule has 1 fully saturated rings. The van der Waals surface area contributed by atoms with Gasteiger partial charge in [0.15, 0.2) is 0 Å². The number of piperazine rings is 1. The molecule has 0 aliphatic carbocycles. The van der Waals surface area contributed by atoms with Crippen LogP contribution in [0.3, 0.4) is 0 Å². The number of nitrogens with zero attached hydrogens (tertiary/aromatic N) is 5. The first-order chi connectivity index (χ1) is 14.0. The molecule has 2 aromatic heterocycles. The van der Waals surface area contributed by atoms with E-state index in [0.717, 1.165) is 52.3 Å². The number of hydrogen-bond acceptors (Lipinski definition) is 6. The van der Waals surface area contributed by atoms with Gasteiger partial charge in [-0.25, -0.2) is 4.98 Å². The van der Waals surface area contributed by atoms with Crippen LogP contribution in [0.15, 0.2) is 46.1 Å². The molecule has 0 unspecified atom stereocenters. The third-order valence-corrected chi connectivity index (χ3v) is 6.42. The van der Waals surface area contributed by atoms with Crippen molar-refractivity contribution < 1.29 is 9.32 Å². The Morgan fingerprint density at radius 2 is 1.93 bits per heavy atom. The molecule has 0 bridgehead atoms. The number of aromatic nitrogens is 3. The summed E-state index contributed by atoms with van der Waals surface area (Å²) in [6, 6.07) is 7.84. The largest absolute Gasteiger partial charge is 0.361 e. The van der Waals surface area contributed by atoms with Crippen molar-refractivity contribution in [3.63, 3.8) is 0 Å². The SMILES string of the molecule is Cc1noc(C)c1CSc1ccccc1C(=O)N1CCN(c2nccn2C)CC1. The van der Waals surface area contributed by atoms with Crippen LogP contribution < -0.4 is 4.90 Å². The first kappa shape index (κ1) is 19.6. The van der Waals surface area contributed by atoms with Crippen LogP contribution >= 0.6 is 11.8 Å². The topological polar surface area (TPSA) is 67.4 Å². The van der Waals surface area contributed by atoms with Crippen molar-refractivity contribution in [2.45, 2.75) is 24.5 Å². The number of imidazole rings is 1. The van der Waals surface area contributed by atoms with Crippen molar-refractivity contribution in [3.8, 4) is 0 Å². The molecule has 1 saturated heterocycles. The van der Waals surface area contributed by atoms with Gasteiger partial charge in [-0.05, 0) is 26.0 Å². The summed E-state index contributed by atoms with van der Waals surface area (Å²) in [4.78, 5) is 22.8. The maximum absolute atomic E-state index is 13.2. The Labute approximate surface area is 174 Å². The predicted molar refractivity (Wildman–Crippen MR) is 113 cm³/mol. The molecule has 1 aromatic carbocycles. The van der Waals surface area contributed by atoms with E-state index in [2.05, 4.69) is 15.0 Å². The monoisotopic (exact) mass is 411 g/mol. The Balaban J connectivity index is 1.44. The minimum atomic E-state index is 0.0892. The van der Waals surface area contributed by atoms with Crippen LogP contribution in [0.5, 0.6) is 0 Å². The van der Waals surface area contributed by atoms with Crippen LogP contribution in [0.25, 0.3) is 0 Å². The summed E-state index contributed by atoms with van der Waals surface area (Å²) in [6.07, 6.45) is 3.75. The number of rotatable bonds is 5. The molecule has 0 radical (unpaired) electrons. The highest BCUT2D eigenvalue weighted by atomic mass is 32.2. The van der Waals surface area contributed by atoms with Crippen LogP contribution in [0, 0.1) is 13.8 Å². The standard InChI is InChI=1S/C21H25N5O2S/c1-15-18(16(2)28-23-15)14-29-19-7-5-4-6-17(19)20(27)25-10-12-26(13-11-25)21-22-8-9-24(21)3/h4-9H,10-14H2,1-3H3. The van der Waals surface area contributed by atoms with E-state index in [4.69, 9.17) is 4.52 Å². The minimum Gasteiger partial charge on any atom is -0.361 e. The Bertz CT molecular complexity index is 985. The summed E-state index contributed by atoms with van der Waals surface area (Å²) in [6.45, 7) is 6.82. The van der Waals surface area contributed by atoms with E-state index in [-0.39, 0.29) is 5.91 Å². The lowest BCUT2D eigenvalue weighted by atomic mass is 10.2. The summed E-state index contributed by atoms with van der Waals surface area (Å²) in [5.74, 6) is 2.61. The number of carbonyl (C=O) groups excluding carboxylic acids is 1. The first-order valence-corrected chi connectivity index (χ1v) is 10.7. The van der Waals surface area contributed by atoms with Gasteiger partial charge in [-0.2, -0.15) is 0 Å². The zero-order chi connectivity index (χ0) is 20.4. The molecule has 152 valence electrons. The van der Waals surface area contributed by atoms with Gasteiger partial charge in [0.2, 0.25) is 5.95 Å². The van der Waals surface area contributed by atoms with E-state index in [1.54, 1.807) is 18.0 Å². The average molecular weight is 412 g/mol. The van der Waals surface area contributed by atoms with E-state index >= 15 is 0 Å². The number of amides is 1. The molecule has 4 rings (SSSR count). The highest BCUT2D eigenvalue weighted by Gasteiger charge is 2.25. The quantitative estimate of drug-likeness (QED) is 0.600. The Morgan fingerprint density at radius 1 is 1.17 bits per heavy atom. The van der Waals surface area contributed by atoms with Crippen LogP contribution in [0.1, 0.15) is 27.4 Å². The molecule has 29 heavy (non-hydrogen) atoms. The molecule has 1 aliphatic heterocycles. The van der Waals surface area contributed by atoms with Crippen LogP contribution in [-0.2, 0) is 12.8 Å². The van der Waals surface area contributed by atoms with E-state index in [9.17, 15) is 4.79 Å². The van der Waals surface area contributed by atoms with Crippen LogP contribution in [0.4, 0.5) is 5.95 Å². The third kappa shape index (κ3) is 4.03. The van der Waals surface area contributed by atoms with E-state index in [1.165, 1.54) is 0 Å². The van der Waals surface area contributed by atoms with Gasteiger partial charge >= 0.3 is 0 Å². The fraction of sp³-hybridized carbons (Fsp3) is 0.381. The number of aryl methyl sites for hydroxylation is 3. The molecule has 0 N–H and O–H groups in total. The van der Waals surface area contributed by atoms with E-state index < -0.39 is 0 Å². The lowest BCUT2D eigenvalue weighted by Crippen LogP contribution is -2.49. The van der Waals surface area contributed by atoms with Crippen molar-refractivity contribution in [2.75, 3.05) is 31.1 Å². The first-order valence-electron chi connectivity index (χ1n) is 9.69. The highest BCUT2D eigenvalue weighted by molar-refractivity contribution is 7.98. The summed E-state index contributed by atoms with van der Waals surface area (Å²) in [7, 11) is 1.99. The molecule has 0 atom stereocenters. The van der Waals surface area contributed by atoms with E-state index in [0.29, 0.717) is 13.1 Å². The van der Waals surface area contributed by atoms with Gasteiger partial charge in [0.25, 0.3) is 5.91 Å². The second kappa shape index (κ2) is 8.32. The minimum absolute atomic E-state index is 0.0892. The van der Waals surface area contributed by atoms with Gasteiger partial charge in [0.05, 0.1) is 11.3 Å². The molecule has 3 heterocycles. The number of anilines is 1. The summed E-state index contributed by atoms with van der Waals surface area (Å²) in [5.41, 5.74) is 2.76. The summed E-state index contributed by atoms with van der Waals surface area (Å²) in [5, 5.41) is 4.02. The maximum atomic E-state index is 13.2. The summed E-state index contributed by atoms with van der Waals surface area (Å²) >= 11 is 1.65. The number of thioether (sulfide) groups is 1. The Hall–Kier alpha value is -2.74. The second-order valence-corrected chi connectivity index (χ2v) is 8.22. The van der Waals surface area contributed by atoms with Gasteiger partial charge in [-0.1, -0.05) is 17.3 Å². The fourth-order valence-electron chi connectivity index (χ4n) is 3.57. The zero-order valence-electron chi connectivity index (χ0n) is 17.0. The molecular formula is C21H25N5O2S. The van der Waals surface area contributed by atoms with Gasteiger partial charge < -0.3 is 18.9 Å². The van der Waals surface area contributed by atoms with Gasteiger partial charge in [-0.3, -0.25) is 4.79 Å². The van der Waals surface area contributed by atoms with Crippen molar-refractivity contribution >= 4 is 23.6 Å². The van der Waals surface area contributed by atoms with Gasteiger partial charge in [-0.15, -0.1) is 11.8 Å². The van der Waals surface area contributed by atoms with Crippen molar-refractivity contribution in [1.82, 2.24) is 19.6 Å². The number of hydrogen-bond donors (Lipinski definition) is 0. The zero-order valence-corrected chi connectivity index (χ0v) is 17.8. The molecular weight excluding hydrogens is 386 g/mol. The third-order valence-electron chi connectivity index (χ3n) is 5.32. The summed E-state index contributed by atoms with van der Waals surface area (Å²) < 4.78 is 7.27. The van der Waals surface area contributed by atoms with Gasteiger partial charge in [0, 0.05) is 61.8 Å². The van der Waals surface area contributed by atoms with E-state index in [1.807, 2.05) is 60.8 Å². The number of benzene rings is 1. The Kier molecular flexibility index (Phi) is 5.62. The second-order valence-electron chi connectivity index (χ2n) is 7.20. The van der Waals surface area contributed by atoms with Gasteiger partial charge in [0.1, 0.15) is 5.76 Å². The Morgan fingerprint density at radius 3 is 2.59 bits per heavy atom. The molecule has 0 spiro atoms. The van der Waals surface area contributed by atoms with Crippen molar-refractivity contribution in [1.29, 1.82) is 0 Å². The van der Waals surface area contributed by atoms with Crippen LogP contribution in [0.2, 0.25) is 0 Å². The normalized spacial score (nSPS) is 14.4. The number of carbonyl (C=O) groups is 1. The predicted octanol–water partition coefficient (Wildman–Crippen LogP) is 3.28. The average Bonchev–Trinajstić information content (AvgIpc) is 3.31. The van der Waals surface area contributed by atoms with Crippen molar-refractivity contribution in [2.24, 2.45) is 7.05 Å². The molecule has 1 aliphatic rings. The molecule has 0 saturated carbocycles. The lowest BCUT2D eigenvalue weighted by Gasteiger charge is -2.35. The molecule has 8 heteroatoms. The fourth-order valence-corrected chi connectivity index (χ4v) is 4.77. The molecule has 1 amide bonds. The molecule has 7 nitrogen and oxygen atoms in total. The van der Waals surface area contributed by atoms with Crippen molar-refractivity contribution in [3.05, 3.63) is 59.2 Å². The van der Waals surface area contributed by atoms with Crippen LogP contribution in [-0.4, -0.2) is 51.7 Å². The molecule has 3 aromatic rings.